The molecule has 0 unspecified atom stereocenters. The van der Waals surface area contributed by atoms with Gasteiger partial charge in [0, 0.05) is 18.1 Å². The molecule has 7 nitrogen and oxygen atoms in total. The third-order valence-corrected chi connectivity index (χ3v) is 4.82. The Bertz CT molecular complexity index is 1290. The van der Waals surface area contributed by atoms with Gasteiger partial charge in [0.15, 0.2) is 17.0 Å². The molecule has 2 heterocycles. The van der Waals surface area contributed by atoms with Crippen LogP contribution < -0.4 is 10.9 Å². The zero-order valence-electron chi connectivity index (χ0n) is 17.1. The maximum Gasteiger partial charge on any atom is 0.433 e. The van der Waals surface area contributed by atoms with Crippen molar-refractivity contribution in [3.05, 3.63) is 89.7 Å². The molecule has 4 rings (SSSR count). The minimum Gasteiger partial charge on any atom is -0.273 e. The fraction of sp³-hybridized carbons (Fsp3) is 0.130. The first kappa shape index (κ1) is 22.0. The van der Waals surface area contributed by atoms with Crippen LogP contribution in [0.15, 0.2) is 72.8 Å². The Labute approximate surface area is 186 Å². The van der Waals surface area contributed by atoms with Gasteiger partial charge in [-0.25, -0.2) is 9.50 Å². The number of halogens is 3. The van der Waals surface area contributed by atoms with Gasteiger partial charge in [0.1, 0.15) is 0 Å². The van der Waals surface area contributed by atoms with Crippen LogP contribution in [-0.4, -0.2) is 26.4 Å². The molecule has 2 aromatic carbocycles. The molecular formula is C23H18F3N5O2. The highest BCUT2D eigenvalue weighted by Crippen LogP contribution is 2.32. The maximum absolute atomic E-state index is 13.7. The molecule has 10 heteroatoms. The Morgan fingerprint density at radius 3 is 2.24 bits per heavy atom. The first-order valence-electron chi connectivity index (χ1n) is 9.98. The number of amides is 2. The smallest absolute Gasteiger partial charge is 0.273 e. The van der Waals surface area contributed by atoms with Gasteiger partial charge >= 0.3 is 6.18 Å². The van der Waals surface area contributed by atoms with Crippen LogP contribution in [0.5, 0.6) is 0 Å². The minimum absolute atomic E-state index is 0.0940. The molecule has 2 amide bonds. The normalized spacial score (nSPS) is 11.4. The van der Waals surface area contributed by atoms with Crippen LogP contribution in [0.2, 0.25) is 0 Å². The molecule has 0 bridgehead atoms. The van der Waals surface area contributed by atoms with Crippen molar-refractivity contribution in [2.75, 3.05) is 0 Å². The molecule has 33 heavy (non-hydrogen) atoms. The highest BCUT2D eigenvalue weighted by Gasteiger charge is 2.35. The van der Waals surface area contributed by atoms with E-state index in [-0.39, 0.29) is 23.5 Å². The highest BCUT2D eigenvalue weighted by molar-refractivity contribution is 5.94. The van der Waals surface area contributed by atoms with E-state index in [4.69, 9.17) is 0 Å². The van der Waals surface area contributed by atoms with Crippen molar-refractivity contribution in [2.45, 2.75) is 19.0 Å². The fourth-order valence-electron chi connectivity index (χ4n) is 3.20. The van der Waals surface area contributed by atoms with Gasteiger partial charge < -0.3 is 0 Å². The van der Waals surface area contributed by atoms with E-state index in [1.807, 2.05) is 30.3 Å². The summed E-state index contributed by atoms with van der Waals surface area (Å²) in [6.07, 6.45) is -4.14. The molecule has 2 N–H and O–H groups in total. The lowest BCUT2D eigenvalue weighted by atomic mass is 10.1. The summed E-state index contributed by atoms with van der Waals surface area (Å²) in [7, 11) is 0. The monoisotopic (exact) mass is 453 g/mol. The number of fused-ring (bicyclic) bond motifs is 1. The molecule has 0 aliphatic rings. The molecule has 0 fully saturated rings. The molecule has 0 saturated carbocycles. The number of nitrogens with one attached hydrogen (secondary N) is 2. The SMILES string of the molecule is O=C(CCc1ccccc1)NNC(=O)c1cc2nc(-c3ccccc3)cc(C(F)(F)F)n2n1. The van der Waals surface area contributed by atoms with Crippen LogP contribution in [-0.2, 0) is 17.4 Å². The van der Waals surface area contributed by atoms with Crippen molar-refractivity contribution in [3.63, 3.8) is 0 Å². The summed E-state index contributed by atoms with van der Waals surface area (Å²) in [4.78, 5) is 28.6. The Morgan fingerprint density at radius 2 is 1.58 bits per heavy atom. The maximum atomic E-state index is 13.7. The summed E-state index contributed by atoms with van der Waals surface area (Å²) < 4.78 is 41.5. The van der Waals surface area contributed by atoms with Crippen LogP contribution in [0.25, 0.3) is 16.9 Å². The standard InChI is InChI=1S/C23H18F3N5O2/c24-23(25,26)19-13-17(16-9-5-2-6-10-16)27-20-14-18(30-31(19)20)22(33)29-28-21(32)12-11-15-7-3-1-4-8-15/h1-10,13-14H,11-12H2,(H,28,32)(H,29,33). The van der Waals surface area contributed by atoms with Crippen molar-refractivity contribution in [2.24, 2.45) is 0 Å². The van der Waals surface area contributed by atoms with Crippen LogP contribution in [0, 0.1) is 0 Å². The van der Waals surface area contributed by atoms with E-state index >= 15 is 0 Å². The van der Waals surface area contributed by atoms with Crippen LogP contribution in [0.1, 0.15) is 28.2 Å². The van der Waals surface area contributed by atoms with E-state index in [0.717, 1.165) is 17.7 Å². The summed E-state index contributed by atoms with van der Waals surface area (Å²) in [6, 6.07) is 19.7. The Balaban J connectivity index is 1.52. The van der Waals surface area contributed by atoms with Gasteiger partial charge in [-0.3, -0.25) is 20.4 Å². The second-order valence-electron chi connectivity index (χ2n) is 7.18. The Hall–Kier alpha value is -4.21. The summed E-state index contributed by atoms with van der Waals surface area (Å²) in [5, 5.41) is 3.76. The molecule has 2 aromatic heterocycles. The number of alkyl halides is 3. The van der Waals surface area contributed by atoms with Crippen molar-refractivity contribution in [1.82, 2.24) is 25.4 Å². The van der Waals surface area contributed by atoms with Crippen LogP contribution >= 0.6 is 0 Å². The number of aryl methyl sites for hydroxylation is 1. The number of aromatic nitrogens is 3. The van der Waals surface area contributed by atoms with Crippen LogP contribution in [0.4, 0.5) is 13.2 Å². The molecular weight excluding hydrogens is 435 g/mol. The van der Waals surface area contributed by atoms with E-state index in [2.05, 4.69) is 20.9 Å². The van der Waals surface area contributed by atoms with Gasteiger partial charge in [0.25, 0.3) is 5.91 Å². The molecule has 0 atom stereocenters. The number of nitrogens with zero attached hydrogens (tertiary/aromatic N) is 3. The van der Waals surface area contributed by atoms with Gasteiger partial charge in [-0.05, 0) is 18.1 Å². The zero-order chi connectivity index (χ0) is 23.4. The Morgan fingerprint density at radius 1 is 0.909 bits per heavy atom. The lowest BCUT2D eigenvalue weighted by molar-refractivity contribution is -0.142. The van der Waals surface area contributed by atoms with Crippen LogP contribution in [0.3, 0.4) is 0 Å². The number of hydrogen-bond acceptors (Lipinski definition) is 4. The van der Waals surface area contributed by atoms with Gasteiger partial charge in [0.2, 0.25) is 5.91 Å². The topological polar surface area (TPSA) is 88.4 Å². The molecule has 4 aromatic rings. The number of hydrogen-bond donors (Lipinski definition) is 2. The van der Waals surface area contributed by atoms with E-state index in [9.17, 15) is 22.8 Å². The van der Waals surface area contributed by atoms with Crippen molar-refractivity contribution < 1.29 is 22.8 Å². The third kappa shape index (κ3) is 5.17. The summed E-state index contributed by atoms with van der Waals surface area (Å²) >= 11 is 0. The second-order valence-corrected chi connectivity index (χ2v) is 7.18. The van der Waals surface area contributed by atoms with E-state index < -0.39 is 23.7 Å². The lowest BCUT2D eigenvalue weighted by Gasteiger charge is -2.11. The number of carbonyl (C=O) groups is 2. The van der Waals surface area contributed by atoms with Crippen molar-refractivity contribution in [3.8, 4) is 11.3 Å². The molecule has 0 radical (unpaired) electrons. The first-order chi connectivity index (χ1) is 15.8. The number of carbonyl (C=O) groups excluding carboxylic acids is 2. The predicted octanol–water partition coefficient (Wildman–Crippen LogP) is 3.81. The fourth-order valence-corrected chi connectivity index (χ4v) is 3.20. The van der Waals surface area contributed by atoms with Gasteiger partial charge in [-0.15, -0.1) is 0 Å². The van der Waals surface area contributed by atoms with Gasteiger partial charge in [-0.1, -0.05) is 60.7 Å². The summed E-state index contributed by atoms with van der Waals surface area (Å²) in [5.74, 6) is -1.31. The average Bonchev–Trinajstić information content (AvgIpc) is 3.25. The molecule has 168 valence electrons. The Kier molecular flexibility index (Phi) is 6.07. The largest absolute Gasteiger partial charge is 0.433 e. The number of rotatable bonds is 5. The minimum atomic E-state index is -4.73. The average molecular weight is 453 g/mol. The number of benzene rings is 2. The van der Waals surface area contributed by atoms with Crippen molar-refractivity contribution in [1.29, 1.82) is 0 Å². The number of hydrazine groups is 1. The quantitative estimate of drug-likeness (QED) is 0.450. The molecule has 0 saturated heterocycles. The van der Waals surface area contributed by atoms with E-state index in [1.54, 1.807) is 30.3 Å². The zero-order valence-corrected chi connectivity index (χ0v) is 17.1. The summed E-state index contributed by atoms with van der Waals surface area (Å²) in [5.41, 5.74) is 4.43. The van der Waals surface area contributed by atoms with Crippen molar-refractivity contribution >= 4 is 17.5 Å². The summed E-state index contributed by atoms with van der Waals surface area (Å²) in [6.45, 7) is 0. The van der Waals surface area contributed by atoms with E-state index in [0.29, 0.717) is 16.5 Å². The molecule has 0 aliphatic carbocycles. The predicted molar refractivity (Wildman–Crippen MR) is 114 cm³/mol. The molecule has 0 aliphatic heterocycles. The molecule has 0 spiro atoms. The van der Waals surface area contributed by atoms with Gasteiger partial charge in [0.05, 0.1) is 5.69 Å². The second kappa shape index (κ2) is 9.11. The third-order valence-electron chi connectivity index (χ3n) is 4.82. The lowest BCUT2D eigenvalue weighted by Crippen LogP contribution is -2.41. The first-order valence-corrected chi connectivity index (χ1v) is 9.98. The highest BCUT2D eigenvalue weighted by atomic mass is 19.4. The van der Waals surface area contributed by atoms with Gasteiger partial charge in [-0.2, -0.15) is 18.3 Å². The van der Waals surface area contributed by atoms with E-state index in [1.165, 1.54) is 0 Å².